The first-order valence-electron chi connectivity index (χ1n) is 8.22. The number of aromatic nitrogens is 1. The van der Waals surface area contributed by atoms with Crippen LogP contribution in [0.15, 0.2) is 71.2 Å². The van der Waals surface area contributed by atoms with Gasteiger partial charge in [0.25, 0.3) is 11.6 Å². The first-order valence-corrected chi connectivity index (χ1v) is 9.10. The molecular weight excluding hydrogens is 362 g/mol. The molecule has 2 aromatic carbocycles. The summed E-state index contributed by atoms with van der Waals surface area (Å²) < 4.78 is 1.91. The van der Waals surface area contributed by atoms with Gasteiger partial charge in [0.05, 0.1) is 4.92 Å². The van der Waals surface area contributed by atoms with Crippen molar-refractivity contribution in [2.24, 2.45) is 4.99 Å². The van der Waals surface area contributed by atoms with Gasteiger partial charge in [0, 0.05) is 36.3 Å². The van der Waals surface area contributed by atoms with Gasteiger partial charge in [-0.3, -0.25) is 14.9 Å². The van der Waals surface area contributed by atoms with Crippen LogP contribution in [0.4, 0.5) is 5.69 Å². The van der Waals surface area contributed by atoms with Crippen LogP contribution < -0.4 is 4.80 Å². The van der Waals surface area contributed by atoms with Crippen molar-refractivity contribution >= 4 is 29.0 Å². The van der Waals surface area contributed by atoms with E-state index in [0.717, 1.165) is 5.56 Å². The molecule has 1 heterocycles. The molecule has 1 amide bonds. The summed E-state index contributed by atoms with van der Waals surface area (Å²) in [5.41, 5.74) is 2.88. The van der Waals surface area contributed by atoms with Gasteiger partial charge >= 0.3 is 0 Å². The van der Waals surface area contributed by atoms with Crippen LogP contribution in [0.1, 0.15) is 16.7 Å². The van der Waals surface area contributed by atoms with Crippen molar-refractivity contribution in [1.29, 1.82) is 0 Å². The summed E-state index contributed by atoms with van der Waals surface area (Å²) in [6, 6.07) is 14.3. The Bertz CT molecular complexity index is 1060. The van der Waals surface area contributed by atoms with Crippen LogP contribution in [0.5, 0.6) is 0 Å². The Morgan fingerprint density at radius 3 is 2.78 bits per heavy atom. The van der Waals surface area contributed by atoms with Crippen LogP contribution in [-0.4, -0.2) is 15.4 Å². The topological polar surface area (TPSA) is 77.5 Å². The van der Waals surface area contributed by atoms with Gasteiger partial charge in [0.2, 0.25) is 0 Å². The number of benzene rings is 2. The number of aryl methyl sites for hydroxylation is 1. The van der Waals surface area contributed by atoms with Crippen molar-refractivity contribution < 1.29 is 9.72 Å². The highest BCUT2D eigenvalue weighted by molar-refractivity contribution is 7.07. The lowest BCUT2D eigenvalue weighted by molar-refractivity contribution is -0.384. The zero-order valence-electron chi connectivity index (χ0n) is 14.6. The number of non-ortho nitro benzene ring substituents is 1. The quantitative estimate of drug-likeness (QED) is 0.382. The number of hydrogen-bond donors (Lipinski definition) is 0. The summed E-state index contributed by atoms with van der Waals surface area (Å²) in [4.78, 5) is 27.2. The van der Waals surface area contributed by atoms with Gasteiger partial charge in [0.1, 0.15) is 0 Å². The predicted molar refractivity (Wildman–Crippen MR) is 105 cm³/mol. The zero-order chi connectivity index (χ0) is 19.2. The van der Waals surface area contributed by atoms with Crippen LogP contribution in [0.25, 0.3) is 6.08 Å². The van der Waals surface area contributed by atoms with Crippen molar-refractivity contribution in [2.75, 3.05) is 0 Å². The molecule has 27 heavy (non-hydrogen) atoms. The molecule has 0 spiro atoms. The highest BCUT2D eigenvalue weighted by Crippen LogP contribution is 2.14. The molecule has 1 aromatic heterocycles. The Balaban J connectivity index is 1.76. The van der Waals surface area contributed by atoms with Crippen molar-refractivity contribution in [1.82, 2.24) is 4.57 Å². The van der Waals surface area contributed by atoms with E-state index >= 15 is 0 Å². The summed E-state index contributed by atoms with van der Waals surface area (Å²) in [5.74, 6) is -0.415. The molecule has 0 saturated heterocycles. The van der Waals surface area contributed by atoms with Gasteiger partial charge in [-0.15, -0.1) is 11.3 Å². The predicted octanol–water partition coefficient (Wildman–Crippen LogP) is 3.96. The number of nitro groups is 1. The van der Waals surface area contributed by atoms with Crippen LogP contribution in [0, 0.1) is 17.0 Å². The van der Waals surface area contributed by atoms with Crippen LogP contribution in [0.2, 0.25) is 0 Å². The largest absolute Gasteiger partial charge is 0.319 e. The van der Waals surface area contributed by atoms with E-state index in [2.05, 4.69) is 4.99 Å². The van der Waals surface area contributed by atoms with Gasteiger partial charge in [-0.25, -0.2) is 0 Å². The normalized spacial score (nSPS) is 11.8. The zero-order valence-corrected chi connectivity index (χ0v) is 15.4. The Kier molecular flexibility index (Phi) is 5.73. The van der Waals surface area contributed by atoms with E-state index in [1.165, 1.54) is 41.2 Å². The number of rotatable bonds is 5. The molecule has 0 aliphatic rings. The second kappa shape index (κ2) is 8.37. The van der Waals surface area contributed by atoms with E-state index in [4.69, 9.17) is 0 Å². The van der Waals surface area contributed by atoms with Crippen LogP contribution >= 0.6 is 11.3 Å². The number of nitro benzene ring substituents is 1. The van der Waals surface area contributed by atoms with Gasteiger partial charge in [-0.05, 0) is 24.1 Å². The highest BCUT2D eigenvalue weighted by Gasteiger charge is 2.04. The molecule has 0 fully saturated rings. The molecule has 3 aromatic rings. The van der Waals surface area contributed by atoms with Crippen LogP contribution in [0.3, 0.4) is 0 Å². The lowest BCUT2D eigenvalue weighted by atomic mass is 10.1. The van der Waals surface area contributed by atoms with Crippen LogP contribution in [-0.2, 0) is 11.3 Å². The Morgan fingerprint density at radius 1 is 1.26 bits per heavy atom. The van der Waals surface area contributed by atoms with Crippen molar-refractivity contribution in [2.45, 2.75) is 13.5 Å². The molecular formula is C20H17N3O3S. The van der Waals surface area contributed by atoms with E-state index in [1.54, 1.807) is 12.1 Å². The number of carbonyl (C=O) groups is 1. The maximum atomic E-state index is 12.2. The third-order valence-electron chi connectivity index (χ3n) is 3.84. The van der Waals surface area contributed by atoms with Gasteiger partial charge < -0.3 is 4.57 Å². The molecule has 0 aliphatic heterocycles. The second-order valence-corrected chi connectivity index (χ2v) is 6.81. The maximum absolute atomic E-state index is 12.2. The highest BCUT2D eigenvalue weighted by atomic mass is 32.1. The lowest BCUT2D eigenvalue weighted by Gasteiger charge is -2.03. The van der Waals surface area contributed by atoms with E-state index in [1.807, 2.05) is 47.3 Å². The van der Waals surface area contributed by atoms with Crippen molar-refractivity contribution in [3.63, 3.8) is 0 Å². The monoisotopic (exact) mass is 379 g/mol. The lowest BCUT2D eigenvalue weighted by Crippen LogP contribution is -2.16. The molecule has 3 rings (SSSR count). The van der Waals surface area contributed by atoms with E-state index in [-0.39, 0.29) is 5.69 Å². The van der Waals surface area contributed by atoms with Gasteiger partial charge in [-0.2, -0.15) is 4.99 Å². The second-order valence-electron chi connectivity index (χ2n) is 5.93. The molecule has 136 valence electrons. The fraction of sp³-hybridized carbons (Fsp3) is 0.100. The fourth-order valence-corrected chi connectivity index (χ4v) is 3.17. The molecule has 7 heteroatoms. The minimum atomic E-state index is -0.469. The smallest absolute Gasteiger partial charge is 0.272 e. The van der Waals surface area contributed by atoms with Gasteiger partial charge in [0.15, 0.2) is 4.80 Å². The Labute approximate surface area is 159 Å². The van der Waals surface area contributed by atoms with E-state index in [9.17, 15) is 14.9 Å². The Morgan fingerprint density at radius 2 is 2.04 bits per heavy atom. The van der Waals surface area contributed by atoms with Crippen molar-refractivity contribution in [3.8, 4) is 0 Å². The maximum Gasteiger partial charge on any atom is 0.272 e. The Hall–Kier alpha value is -3.32. The molecule has 0 radical (unpaired) electrons. The third-order valence-corrected chi connectivity index (χ3v) is 4.63. The fourth-order valence-electron chi connectivity index (χ4n) is 2.44. The first kappa shape index (κ1) is 18.5. The third kappa shape index (κ3) is 5.08. The summed E-state index contributed by atoms with van der Waals surface area (Å²) in [7, 11) is 0. The number of amides is 1. The molecule has 0 unspecified atom stereocenters. The number of hydrogen-bond acceptors (Lipinski definition) is 4. The molecule has 0 atom stereocenters. The average Bonchev–Trinajstić information content (AvgIpc) is 3.08. The SMILES string of the molecule is Cc1ccc(Cn2ccsc2=NC(=O)/C=C/c2cccc([N+](=O)[O-])c2)cc1. The summed E-state index contributed by atoms with van der Waals surface area (Å²) >= 11 is 1.38. The molecule has 6 nitrogen and oxygen atoms in total. The first-order chi connectivity index (χ1) is 13.0. The summed E-state index contributed by atoms with van der Waals surface area (Å²) in [6.45, 7) is 2.67. The average molecular weight is 379 g/mol. The van der Waals surface area contributed by atoms with E-state index in [0.29, 0.717) is 16.9 Å². The number of carbonyl (C=O) groups excluding carboxylic acids is 1. The summed E-state index contributed by atoms with van der Waals surface area (Å²) in [5, 5.41) is 12.7. The molecule has 0 aliphatic carbocycles. The minimum absolute atomic E-state index is 0.0178. The minimum Gasteiger partial charge on any atom is -0.319 e. The number of thiazole rings is 1. The van der Waals surface area contributed by atoms with E-state index < -0.39 is 10.8 Å². The van der Waals surface area contributed by atoms with Crippen molar-refractivity contribution in [3.05, 3.63) is 97.8 Å². The summed E-state index contributed by atoms with van der Waals surface area (Å²) in [6.07, 6.45) is 4.73. The standard InChI is InChI=1S/C20H17N3O3S/c1-15-5-7-17(8-6-15)14-22-11-12-27-20(22)21-19(24)10-9-16-3-2-4-18(13-16)23(25)26/h2-13H,14H2,1H3/b10-9+,21-20?. The molecule has 0 saturated carbocycles. The number of nitrogens with zero attached hydrogens (tertiary/aromatic N) is 3. The van der Waals surface area contributed by atoms with Gasteiger partial charge in [-0.1, -0.05) is 42.0 Å². The molecule has 0 N–H and O–H groups in total. The molecule has 0 bridgehead atoms.